The molecule has 126 valence electrons. The van der Waals surface area contributed by atoms with Crippen LogP contribution in [0.4, 0.5) is 4.39 Å². The molecule has 1 aliphatic heterocycles. The molecule has 23 heavy (non-hydrogen) atoms. The Morgan fingerprint density at radius 3 is 2.48 bits per heavy atom. The number of halogens is 1. The van der Waals surface area contributed by atoms with Crippen LogP contribution in [0.3, 0.4) is 0 Å². The SMILES string of the molecule is CC(=O)O[C@H]1C[C@@H](c2ccccc2F)N(C)C[C@@]1(C)OC(C)=O. The van der Waals surface area contributed by atoms with E-state index in [-0.39, 0.29) is 11.9 Å². The van der Waals surface area contributed by atoms with Gasteiger partial charge >= 0.3 is 11.9 Å². The van der Waals surface area contributed by atoms with Crippen molar-refractivity contribution >= 4 is 11.9 Å². The first-order chi connectivity index (χ1) is 10.7. The molecule has 1 heterocycles. The molecule has 2 rings (SSSR count). The molecular formula is C17H22FNO4. The maximum atomic E-state index is 14.1. The molecule has 0 unspecified atom stereocenters. The van der Waals surface area contributed by atoms with Crippen LogP contribution < -0.4 is 0 Å². The lowest BCUT2D eigenvalue weighted by Crippen LogP contribution is -2.58. The molecule has 1 aromatic carbocycles. The van der Waals surface area contributed by atoms with Gasteiger partial charge in [-0.15, -0.1) is 0 Å². The minimum absolute atomic E-state index is 0.260. The zero-order valence-electron chi connectivity index (χ0n) is 13.8. The molecule has 5 nitrogen and oxygen atoms in total. The van der Waals surface area contributed by atoms with Crippen LogP contribution in [0, 0.1) is 5.82 Å². The Labute approximate surface area is 135 Å². The van der Waals surface area contributed by atoms with E-state index in [4.69, 9.17) is 9.47 Å². The number of hydrogen-bond donors (Lipinski definition) is 0. The smallest absolute Gasteiger partial charge is 0.303 e. The number of hydrogen-bond acceptors (Lipinski definition) is 5. The molecule has 0 aliphatic carbocycles. The second-order valence-electron chi connectivity index (χ2n) is 6.19. The van der Waals surface area contributed by atoms with E-state index in [0.29, 0.717) is 18.5 Å². The number of ether oxygens (including phenoxy) is 2. The van der Waals surface area contributed by atoms with Crippen molar-refractivity contribution in [2.24, 2.45) is 0 Å². The van der Waals surface area contributed by atoms with Gasteiger partial charge in [0.15, 0.2) is 5.60 Å². The van der Waals surface area contributed by atoms with Crippen LogP contribution >= 0.6 is 0 Å². The zero-order chi connectivity index (χ0) is 17.2. The number of rotatable bonds is 3. The molecule has 1 aromatic rings. The summed E-state index contributed by atoms with van der Waals surface area (Å²) in [6.07, 6.45) is -0.287. The fourth-order valence-corrected chi connectivity index (χ4v) is 3.25. The van der Waals surface area contributed by atoms with Crippen LogP contribution in [0.15, 0.2) is 24.3 Å². The van der Waals surface area contributed by atoms with E-state index in [1.807, 2.05) is 11.9 Å². The summed E-state index contributed by atoms with van der Waals surface area (Å²) in [5.74, 6) is -1.20. The van der Waals surface area contributed by atoms with Crippen LogP contribution in [-0.2, 0) is 19.1 Å². The average Bonchev–Trinajstić information content (AvgIpc) is 2.41. The van der Waals surface area contributed by atoms with Crippen molar-refractivity contribution in [1.29, 1.82) is 0 Å². The Hall–Kier alpha value is -1.95. The molecule has 0 spiro atoms. The van der Waals surface area contributed by atoms with Crippen LogP contribution in [0.5, 0.6) is 0 Å². The molecule has 1 saturated heterocycles. The van der Waals surface area contributed by atoms with E-state index in [1.165, 1.54) is 19.9 Å². The maximum Gasteiger partial charge on any atom is 0.303 e. The third-order valence-electron chi connectivity index (χ3n) is 4.16. The number of esters is 2. The number of benzene rings is 1. The number of piperidine rings is 1. The van der Waals surface area contributed by atoms with Crippen molar-refractivity contribution in [3.8, 4) is 0 Å². The van der Waals surface area contributed by atoms with Gasteiger partial charge in [0.2, 0.25) is 0 Å². The molecule has 0 saturated carbocycles. The first kappa shape index (κ1) is 17.4. The van der Waals surface area contributed by atoms with E-state index in [0.717, 1.165) is 0 Å². The van der Waals surface area contributed by atoms with Crippen LogP contribution in [-0.4, -0.2) is 42.1 Å². The third kappa shape index (κ3) is 3.88. The number of carbonyl (C=O) groups is 2. The molecule has 0 radical (unpaired) electrons. The van der Waals surface area contributed by atoms with Gasteiger partial charge in [-0.05, 0) is 20.0 Å². The molecule has 1 aliphatic rings. The lowest BCUT2D eigenvalue weighted by atomic mass is 9.84. The molecule has 0 aromatic heterocycles. The second kappa shape index (κ2) is 6.66. The Bertz CT molecular complexity index is 606. The highest BCUT2D eigenvalue weighted by Gasteiger charge is 2.48. The van der Waals surface area contributed by atoms with E-state index in [1.54, 1.807) is 25.1 Å². The lowest BCUT2D eigenvalue weighted by Gasteiger charge is -2.47. The Kier molecular flexibility index (Phi) is 5.04. The summed E-state index contributed by atoms with van der Waals surface area (Å²) in [5.41, 5.74) is -0.425. The first-order valence-corrected chi connectivity index (χ1v) is 7.54. The monoisotopic (exact) mass is 323 g/mol. The normalized spacial score (nSPS) is 28.2. The Morgan fingerprint density at radius 2 is 1.91 bits per heavy atom. The lowest BCUT2D eigenvalue weighted by molar-refractivity contribution is -0.196. The summed E-state index contributed by atoms with van der Waals surface area (Å²) in [5, 5.41) is 0. The fraction of sp³-hybridized carbons (Fsp3) is 0.529. The van der Waals surface area contributed by atoms with Gasteiger partial charge in [0.1, 0.15) is 11.9 Å². The molecule has 0 N–H and O–H groups in total. The van der Waals surface area contributed by atoms with Gasteiger partial charge in [-0.2, -0.15) is 0 Å². The molecular weight excluding hydrogens is 301 g/mol. The highest BCUT2D eigenvalue weighted by molar-refractivity contribution is 5.68. The van der Waals surface area contributed by atoms with Crippen molar-refractivity contribution in [3.63, 3.8) is 0 Å². The van der Waals surface area contributed by atoms with Gasteiger partial charge in [0.25, 0.3) is 0 Å². The molecule has 0 amide bonds. The summed E-state index contributed by atoms with van der Waals surface area (Å²) in [6, 6.07) is 6.27. The van der Waals surface area contributed by atoms with Crippen molar-refractivity contribution in [3.05, 3.63) is 35.6 Å². The average molecular weight is 323 g/mol. The number of nitrogens with zero attached hydrogens (tertiary/aromatic N) is 1. The molecule has 6 heteroatoms. The van der Waals surface area contributed by atoms with Gasteiger partial charge in [-0.25, -0.2) is 4.39 Å². The van der Waals surface area contributed by atoms with Gasteiger partial charge < -0.3 is 9.47 Å². The largest absolute Gasteiger partial charge is 0.458 e. The summed E-state index contributed by atoms with van der Waals surface area (Å²) in [7, 11) is 1.84. The van der Waals surface area contributed by atoms with Crippen molar-refractivity contribution in [1.82, 2.24) is 4.90 Å². The topological polar surface area (TPSA) is 55.8 Å². The highest BCUT2D eigenvalue weighted by atomic mass is 19.1. The summed E-state index contributed by atoms with van der Waals surface area (Å²) in [4.78, 5) is 24.8. The van der Waals surface area contributed by atoms with Crippen LogP contribution in [0.25, 0.3) is 0 Å². The molecule has 0 bridgehead atoms. The first-order valence-electron chi connectivity index (χ1n) is 7.54. The van der Waals surface area contributed by atoms with E-state index < -0.39 is 23.6 Å². The third-order valence-corrected chi connectivity index (χ3v) is 4.16. The van der Waals surface area contributed by atoms with E-state index in [9.17, 15) is 14.0 Å². The standard InChI is InChI=1S/C17H22FNO4/c1-11(20)22-16-9-15(13-7-5-6-8-14(13)18)19(4)10-17(16,3)23-12(2)21/h5-8,15-16H,9-10H2,1-4H3/t15-,16-,17+/m0/s1. The van der Waals surface area contributed by atoms with Crippen molar-refractivity contribution in [2.75, 3.05) is 13.6 Å². The summed E-state index contributed by atoms with van der Waals surface area (Å²) >= 11 is 0. The Balaban J connectivity index is 2.32. The van der Waals surface area contributed by atoms with E-state index >= 15 is 0 Å². The van der Waals surface area contributed by atoms with Gasteiger partial charge in [-0.1, -0.05) is 18.2 Å². The Morgan fingerprint density at radius 1 is 1.26 bits per heavy atom. The quantitative estimate of drug-likeness (QED) is 0.800. The predicted octanol–water partition coefficient (Wildman–Crippen LogP) is 2.46. The second-order valence-corrected chi connectivity index (χ2v) is 6.19. The van der Waals surface area contributed by atoms with Crippen LogP contribution in [0.1, 0.15) is 38.8 Å². The molecule has 3 atom stereocenters. The number of likely N-dealkylation sites (N-methyl/N-ethyl adjacent to an activating group) is 1. The highest BCUT2D eigenvalue weighted by Crippen LogP contribution is 2.38. The minimum Gasteiger partial charge on any atom is -0.458 e. The minimum atomic E-state index is -0.964. The number of carbonyl (C=O) groups excluding carboxylic acids is 2. The van der Waals surface area contributed by atoms with Crippen LogP contribution in [0.2, 0.25) is 0 Å². The maximum absolute atomic E-state index is 14.1. The van der Waals surface area contributed by atoms with Crippen molar-refractivity contribution < 1.29 is 23.5 Å². The summed E-state index contributed by atoms with van der Waals surface area (Å²) < 4.78 is 24.9. The number of likely N-dealkylation sites (tertiary alicyclic amines) is 1. The van der Waals surface area contributed by atoms with E-state index in [2.05, 4.69) is 0 Å². The van der Waals surface area contributed by atoms with Gasteiger partial charge in [-0.3, -0.25) is 14.5 Å². The fourth-order valence-electron chi connectivity index (χ4n) is 3.25. The summed E-state index contributed by atoms with van der Waals surface area (Å²) in [6.45, 7) is 4.70. The predicted molar refractivity (Wildman–Crippen MR) is 82.1 cm³/mol. The van der Waals surface area contributed by atoms with Gasteiger partial charge in [0.05, 0.1) is 0 Å². The van der Waals surface area contributed by atoms with Gasteiger partial charge in [0, 0.05) is 38.4 Å². The zero-order valence-corrected chi connectivity index (χ0v) is 13.8. The van der Waals surface area contributed by atoms with Crippen molar-refractivity contribution in [2.45, 2.75) is 44.9 Å². The molecule has 1 fully saturated rings.